The van der Waals surface area contributed by atoms with Crippen molar-refractivity contribution in [2.75, 3.05) is 0 Å². The van der Waals surface area contributed by atoms with Gasteiger partial charge in [0.05, 0.1) is 25.4 Å². The molecular weight excluding hydrogens is 333 g/mol. The van der Waals surface area contributed by atoms with E-state index in [-0.39, 0.29) is 26.7 Å². The molecule has 0 atom stereocenters. The number of benzene rings is 1. The van der Waals surface area contributed by atoms with Gasteiger partial charge in [-0.05, 0) is 22.0 Å². The Morgan fingerprint density at radius 3 is 2.53 bits per heavy atom. The third-order valence-corrected chi connectivity index (χ3v) is 3.97. The van der Waals surface area contributed by atoms with Crippen molar-refractivity contribution >= 4 is 50.0 Å². The minimum atomic E-state index is -0.849. The summed E-state index contributed by atoms with van der Waals surface area (Å²) in [5.41, 5.74) is -1.48. The average Bonchev–Trinajstić information content (AvgIpc) is 2.34. The molecule has 88 valence electrons. The predicted molar refractivity (Wildman–Crippen MR) is 70.2 cm³/mol. The Kier molecular flexibility index (Phi) is 3.16. The lowest BCUT2D eigenvalue weighted by atomic mass is 10.2. The van der Waals surface area contributed by atoms with Gasteiger partial charge in [-0.15, -0.1) is 0 Å². The summed E-state index contributed by atoms with van der Waals surface area (Å²) in [5.74, 6) is -0.353. The van der Waals surface area contributed by atoms with Crippen LogP contribution in [0.2, 0.25) is 10.0 Å². The summed E-state index contributed by atoms with van der Waals surface area (Å²) in [7, 11) is 0. The number of H-pyrrole nitrogens is 1. The molecule has 0 saturated carbocycles. The number of hydrogen-bond donors (Lipinski definition) is 2. The maximum atomic E-state index is 11.3. The first-order chi connectivity index (χ1) is 7.91. The molecule has 2 rings (SSSR count). The van der Waals surface area contributed by atoms with Gasteiger partial charge in [0, 0.05) is 6.07 Å². The van der Waals surface area contributed by atoms with E-state index in [2.05, 4.69) is 20.9 Å². The molecule has 0 spiro atoms. The first kappa shape index (κ1) is 12.4. The van der Waals surface area contributed by atoms with E-state index in [1.807, 2.05) is 0 Å². The van der Waals surface area contributed by atoms with Crippen LogP contribution in [0.1, 0.15) is 0 Å². The Morgan fingerprint density at radius 2 is 1.88 bits per heavy atom. The Labute approximate surface area is 113 Å². The van der Waals surface area contributed by atoms with Crippen LogP contribution in [0, 0.1) is 0 Å². The maximum Gasteiger partial charge on any atom is 0.296 e. The molecule has 0 aliphatic heterocycles. The van der Waals surface area contributed by atoms with Crippen LogP contribution >= 0.6 is 39.1 Å². The quantitative estimate of drug-likeness (QED) is 0.574. The lowest BCUT2D eigenvalue weighted by Crippen LogP contribution is -2.22. The number of rotatable bonds is 0. The standard InChI is InChI=1S/C10H4BrCl2NO3/c11-8-7-4(1-3(12)9(8)13)14-10(17)6(16)2-5(7)15/h1-2,15H,(H,14,16,17). The minimum Gasteiger partial charge on any atom is -0.507 e. The van der Waals surface area contributed by atoms with E-state index in [1.54, 1.807) is 0 Å². The molecule has 0 aliphatic rings. The molecule has 2 N–H and O–H groups in total. The number of halogens is 3. The van der Waals surface area contributed by atoms with Gasteiger partial charge >= 0.3 is 0 Å². The van der Waals surface area contributed by atoms with Crippen LogP contribution in [0.3, 0.4) is 0 Å². The summed E-state index contributed by atoms with van der Waals surface area (Å²) < 4.78 is 0.311. The Balaban J connectivity index is 3.19. The zero-order valence-electron chi connectivity index (χ0n) is 8.05. The van der Waals surface area contributed by atoms with Gasteiger partial charge in [0.1, 0.15) is 5.75 Å². The first-order valence-corrected chi connectivity index (χ1v) is 5.90. The highest BCUT2D eigenvalue weighted by Crippen LogP contribution is 2.38. The number of aromatic hydroxyl groups is 1. The van der Waals surface area contributed by atoms with Crippen LogP contribution in [0.15, 0.2) is 26.2 Å². The lowest BCUT2D eigenvalue weighted by Gasteiger charge is -2.03. The highest BCUT2D eigenvalue weighted by molar-refractivity contribution is 9.10. The third kappa shape index (κ3) is 2.06. The van der Waals surface area contributed by atoms with E-state index in [1.165, 1.54) is 6.07 Å². The van der Waals surface area contributed by atoms with Gasteiger partial charge in [-0.2, -0.15) is 0 Å². The highest BCUT2D eigenvalue weighted by atomic mass is 79.9. The zero-order chi connectivity index (χ0) is 12.7. The fourth-order valence-corrected chi connectivity index (χ4v) is 2.49. The molecule has 0 amide bonds. The van der Waals surface area contributed by atoms with Crippen molar-refractivity contribution in [3.05, 3.63) is 47.2 Å². The molecule has 17 heavy (non-hydrogen) atoms. The average molecular weight is 337 g/mol. The molecule has 0 fully saturated rings. The molecule has 0 radical (unpaired) electrons. The fraction of sp³-hybridized carbons (Fsp3) is 0. The smallest absolute Gasteiger partial charge is 0.296 e. The van der Waals surface area contributed by atoms with Crippen LogP contribution in [0.5, 0.6) is 5.75 Å². The molecule has 0 bridgehead atoms. The normalized spacial score (nSPS) is 10.8. The van der Waals surface area contributed by atoms with E-state index in [0.29, 0.717) is 4.47 Å². The number of aromatic nitrogens is 1. The second-order valence-electron chi connectivity index (χ2n) is 3.26. The molecule has 1 aromatic carbocycles. The van der Waals surface area contributed by atoms with Crippen LogP contribution in [-0.4, -0.2) is 10.1 Å². The summed E-state index contributed by atoms with van der Waals surface area (Å²) in [6.45, 7) is 0. The summed E-state index contributed by atoms with van der Waals surface area (Å²) in [5, 5.41) is 10.3. The third-order valence-electron chi connectivity index (χ3n) is 2.16. The molecule has 2 aromatic rings. The first-order valence-electron chi connectivity index (χ1n) is 4.35. The summed E-state index contributed by atoms with van der Waals surface area (Å²) in [6.07, 6.45) is 0. The lowest BCUT2D eigenvalue weighted by molar-refractivity contribution is 0.481. The van der Waals surface area contributed by atoms with E-state index in [4.69, 9.17) is 23.2 Å². The summed E-state index contributed by atoms with van der Waals surface area (Å²) in [6, 6.07) is 2.20. The molecule has 1 heterocycles. The van der Waals surface area contributed by atoms with Crippen molar-refractivity contribution in [2.45, 2.75) is 0 Å². The molecular formula is C10H4BrCl2NO3. The van der Waals surface area contributed by atoms with Crippen molar-refractivity contribution in [3.63, 3.8) is 0 Å². The minimum absolute atomic E-state index is 0.189. The van der Waals surface area contributed by atoms with Gasteiger partial charge in [0.2, 0.25) is 5.43 Å². The summed E-state index contributed by atoms with van der Waals surface area (Å²) >= 11 is 14.9. The van der Waals surface area contributed by atoms with Gasteiger partial charge in [0.15, 0.2) is 0 Å². The highest BCUT2D eigenvalue weighted by Gasteiger charge is 2.12. The number of aromatic amines is 1. The molecule has 1 aromatic heterocycles. The van der Waals surface area contributed by atoms with Crippen molar-refractivity contribution in [3.8, 4) is 5.75 Å². The second-order valence-corrected chi connectivity index (χ2v) is 4.84. The Bertz CT molecular complexity index is 742. The van der Waals surface area contributed by atoms with Crippen molar-refractivity contribution in [2.24, 2.45) is 0 Å². The van der Waals surface area contributed by atoms with E-state index >= 15 is 0 Å². The van der Waals surface area contributed by atoms with Crippen LogP contribution in [0.4, 0.5) is 0 Å². The monoisotopic (exact) mass is 335 g/mol. The second kappa shape index (κ2) is 4.33. The van der Waals surface area contributed by atoms with E-state index in [9.17, 15) is 14.7 Å². The predicted octanol–water partition coefficient (Wildman–Crippen LogP) is 2.66. The van der Waals surface area contributed by atoms with Gasteiger partial charge in [-0.3, -0.25) is 9.59 Å². The molecule has 0 aliphatic carbocycles. The topological polar surface area (TPSA) is 70.2 Å². The number of hydrogen-bond acceptors (Lipinski definition) is 3. The van der Waals surface area contributed by atoms with Crippen molar-refractivity contribution < 1.29 is 5.11 Å². The number of fused-ring (bicyclic) bond motifs is 1. The summed E-state index contributed by atoms with van der Waals surface area (Å²) in [4.78, 5) is 24.9. The zero-order valence-corrected chi connectivity index (χ0v) is 11.2. The van der Waals surface area contributed by atoms with Gasteiger partial charge in [-0.1, -0.05) is 23.2 Å². The van der Waals surface area contributed by atoms with Gasteiger partial charge in [-0.25, -0.2) is 0 Å². The van der Waals surface area contributed by atoms with E-state index in [0.717, 1.165) is 6.07 Å². The Hall–Kier alpha value is -1.04. The van der Waals surface area contributed by atoms with Crippen LogP contribution < -0.4 is 11.0 Å². The van der Waals surface area contributed by atoms with Crippen molar-refractivity contribution in [1.82, 2.24) is 4.98 Å². The molecule has 0 unspecified atom stereocenters. The maximum absolute atomic E-state index is 11.3. The molecule has 7 heteroatoms. The molecule has 0 saturated heterocycles. The van der Waals surface area contributed by atoms with Crippen LogP contribution in [0.25, 0.3) is 10.9 Å². The SMILES string of the molecule is O=c1cc(O)c2c(Br)c(Cl)c(Cl)cc2[nH]c1=O. The Morgan fingerprint density at radius 1 is 1.24 bits per heavy atom. The molecule has 4 nitrogen and oxygen atoms in total. The van der Waals surface area contributed by atoms with Crippen molar-refractivity contribution in [1.29, 1.82) is 0 Å². The van der Waals surface area contributed by atoms with Gasteiger partial charge < -0.3 is 10.1 Å². The largest absolute Gasteiger partial charge is 0.507 e. The van der Waals surface area contributed by atoms with Crippen LogP contribution in [-0.2, 0) is 0 Å². The fourth-order valence-electron chi connectivity index (χ4n) is 1.39. The van der Waals surface area contributed by atoms with Gasteiger partial charge in [0.25, 0.3) is 5.56 Å². The number of nitrogens with one attached hydrogen (secondary N) is 1. The van der Waals surface area contributed by atoms with E-state index < -0.39 is 11.0 Å².